The van der Waals surface area contributed by atoms with Crippen LogP contribution >= 0.6 is 0 Å². The fraction of sp³-hybridized carbons (Fsp3) is 1.00. The summed E-state index contributed by atoms with van der Waals surface area (Å²) in [6, 6.07) is -0.185. The molecule has 142 valence electrons. The Kier molecular flexibility index (Phi) is 10.3. The van der Waals surface area contributed by atoms with Crippen molar-refractivity contribution in [2.45, 2.75) is 102 Å². The van der Waals surface area contributed by atoms with Crippen molar-refractivity contribution < 1.29 is 14.6 Å². The lowest BCUT2D eigenvalue weighted by Crippen LogP contribution is -2.36. The van der Waals surface area contributed by atoms with Gasteiger partial charge < -0.3 is 20.3 Å². The molecule has 3 N–H and O–H groups in total. The Morgan fingerprint density at radius 3 is 2.25 bits per heavy atom. The Morgan fingerprint density at radius 2 is 1.58 bits per heavy atom. The lowest BCUT2D eigenvalue weighted by molar-refractivity contribution is 0.0342. The summed E-state index contributed by atoms with van der Waals surface area (Å²) in [6.45, 7) is 2.46. The third-order valence-electron chi connectivity index (χ3n) is 5.68. The van der Waals surface area contributed by atoms with E-state index in [2.05, 4.69) is 0 Å². The maximum Gasteiger partial charge on any atom is 0.0974 e. The second-order valence-electron chi connectivity index (χ2n) is 7.87. The number of hydrogen-bond acceptors (Lipinski definition) is 4. The van der Waals surface area contributed by atoms with Crippen molar-refractivity contribution in [2.24, 2.45) is 11.7 Å². The summed E-state index contributed by atoms with van der Waals surface area (Å²) in [6.07, 6.45) is 16.3. The highest BCUT2D eigenvalue weighted by atomic mass is 16.5. The van der Waals surface area contributed by atoms with Gasteiger partial charge in [-0.2, -0.15) is 0 Å². The SMILES string of the molecule is N[C@@H]1CO[C@@H](CCCCCCCCCOCC2CCCCC2)[C@H]1O. The van der Waals surface area contributed by atoms with Crippen molar-refractivity contribution in [3.63, 3.8) is 0 Å². The summed E-state index contributed by atoms with van der Waals surface area (Å²) in [5.41, 5.74) is 5.75. The summed E-state index contributed by atoms with van der Waals surface area (Å²) in [5, 5.41) is 9.82. The summed E-state index contributed by atoms with van der Waals surface area (Å²) < 4.78 is 11.4. The van der Waals surface area contributed by atoms with Gasteiger partial charge in [-0.25, -0.2) is 0 Å². The first kappa shape index (κ1) is 20.2. The minimum Gasteiger partial charge on any atom is -0.389 e. The number of unbranched alkanes of at least 4 members (excludes halogenated alkanes) is 6. The van der Waals surface area contributed by atoms with Crippen molar-refractivity contribution in [1.82, 2.24) is 0 Å². The lowest BCUT2D eigenvalue weighted by atomic mass is 9.90. The lowest BCUT2D eigenvalue weighted by Gasteiger charge is -2.21. The molecule has 1 heterocycles. The van der Waals surface area contributed by atoms with Crippen molar-refractivity contribution in [1.29, 1.82) is 0 Å². The van der Waals surface area contributed by atoms with Crippen LogP contribution in [-0.4, -0.2) is 43.2 Å². The molecule has 0 bridgehead atoms. The molecule has 0 aromatic rings. The van der Waals surface area contributed by atoms with E-state index in [0.29, 0.717) is 6.61 Å². The molecular weight excluding hydrogens is 302 g/mol. The first-order chi connectivity index (χ1) is 11.8. The van der Waals surface area contributed by atoms with Crippen LogP contribution in [0.3, 0.4) is 0 Å². The third kappa shape index (κ3) is 7.81. The van der Waals surface area contributed by atoms with Crippen LogP contribution in [0.15, 0.2) is 0 Å². The highest BCUT2D eigenvalue weighted by Gasteiger charge is 2.32. The van der Waals surface area contributed by atoms with Crippen LogP contribution in [-0.2, 0) is 9.47 Å². The van der Waals surface area contributed by atoms with Gasteiger partial charge in [0, 0.05) is 13.2 Å². The Bertz CT molecular complexity index is 307. The fourth-order valence-electron chi connectivity index (χ4n) is 4.00. The highest BCUT2D eigenvalue weighted by molar-refractivity contribution is 4.85. The van der Waals surface area contributed by atoms with Gasteiger partial charge in [-0.05, 0) is 31.6 Å². The van der Waals surface area contributed by atoms with E-state index in [9.17, 15) is 5.11 Å². The minimum absolute atomic E-state index is 0.0266. The van der Waals surface area contributed by atoms with Gasteiger partial charge in [0.05, 0.1) is 24.9 Å². The third-order valence-corrected chi connectivity index (χ3v) is 5.68. The molecule has 1 saturated carbocycles. The Morgan fingerprint density at radius 1 is 0.917 bits per heavy atom. The monoisotopic (exact) mass is 341 g/mol. The molecular formula is C20H39NO3. The van der Waals surface area contributed by atoms with Crippen LogP contribution in [0.4, 0.5) is 0 Å². The first-order valence-electron chi connectivity index (χ1n) is 10.4. The number of hydrogen-bond donors (Lipinski definition) is 2. The summed E-state index contributed by atoms with van der Waals surface area (Å²) in [7, 11) is 0. The van der Waals surface area contributed by atoms with Crippen LogP contribution in [0.25, 0.3) is 0 Å². The zero-order valence-corrected chi connectivity index (χ0v) is 15.5. The predicted molar refractivity (Wildman–Crippen MR) is 98.1 cm³/mol. The molecule has 1 saturated heterocycles. The molecule has 1 aliphatic carbocycles. The van der Waals surface area contributed by atoms with Crippen molar-refractivity contribution in [3.8, 4) is 0 Å². The van der Waals surface area contributed by atoms with Crippen LogP contribution in [0.2, 0.25) is 0 Å². The van der Waals surface area contributed by atoms with E-state index in [1.165, 1.54) is 70.6 Å². The van der Waals surface area contributed by atoms with Gasteiger partial charge in [0.2, 0.25) is 0 Å². The maximum absolute atomic E-state index is 9.82. The molecule has 0 aromatic carbocycles. The predicted octanol–water partition coefficient (Wildman–Crippen LogP) is 3.79. The second-order valence-corrected chi connectivity index (χ2v) is 7.87. The number of aliphatic hydroxyl groups is 1. The molecule has 2 aliphatic rings. The number of rotatable bonds is 12. The molecule has 0 aromatic heterocycles. The quantitative estimate of drug-likeness (QED) is 0.530. The second kappa shape index (κ2) is 12.2. The van der Waals surface area contributed by atoms with Crippen molar-refractivity contribution in [3.05, 3.63) is 0 Å². The summed E-state index contributed by atoms with van der Waals surface area (Å²) in [5.74, 6) is 0.843. The van der Waals surface area contributed by atoms with Gasteiger partial charge >= 0.3 is 0 Å². The molecule has 2 rings (SSSR count). The van der Waals surface area contributed by atoms with Crippen LogP contribution < -0.4 is 5.73 Å². The highest BCUT2D eigenvalue weighted by Crippen LogP contribution is 2.23. The van der Waals surface area contributed by atoms with Crippen LogP contribution in [0, 0.1) is 5.92 Å². The average Bonchev–Trinajstić information content (AvgIpc) is 2.92. The molecule has 0 amide bonds. The van der Waals surface area contributed by atoms with E-state index in [4.69, 9.17) is 15.2 Å². The van der Waals surface area contributed by atoms with E-state index in [1.807, 2.05) is 0 Å². The van der Waals surface area contributed by atoms with Gasteiger partial charge in [-0.3, -0.25) is 0 Å². The van der Waals surface area contributed by atoms with E-state index in [1.54, 1.807) is 0 Å². The molecule has 4 heteroatoms. The molecule has 0 spiro atoms. The normalized spacial score (nSPS) is 28.5. The molecule has 1 aliphatic heterocycles. The van der Waals surface area contributed by atoms with E-state index < -0.39 is 6.10 Å². The van der Waals surface area contributed by atoms with Crippen molar-refractivity contribution >= 4 is 0 Å². The number of nitrogens with two attached hydrogens (primary N) is 1. The smallest absolute Gasteiger partial charge is 0.0974 e. The number of aliphatic hydroxyl groups excluding tert-OH is 1. The van der Waals surface area contributed by atoms with Gasteiger partial charge in [0.25, 0.3) is 0 Å². The Labute approximate surface area is 148 Å². The summed E-state index contributed by atoms with van der Waals surface area (Å²) in [4.78, 5) is 0. The van der Waals surface area contributed by atoms with Gasteiger partial charge in [0.1, 0.15) is 0 Å². The zero-order valence-electron chi connectivity index (χ0n) is 15.5. The molecule has 4 nitrogen and oxygen atoms in total. The minimum atomic E-state index is -0.460. The molecule has 2 fully saturated rings. The largest absolute Gasteiger partial charge is 0.389 e. The van der Waals surface area contributed by atoms with E-state index >= 15 is 0 Å². The van der Waals surface area contributed by atoms with Crippen LogP contribution in [0.5, 0.6) is 0 Å². The molecule has 24 heavy (non-hydrogen) atoms. The topological polar surface area (TPSA) is 64.7 Å². The molecule has 3 atom stereocenters. The van der Waals surface area contributed by atoms with Crippen LogP contribution in [0.1, 0.15) is 83.5 Å². The van der Waals surface area contributed by atoms with Gasteiger partial charge in [-0.15, -0.1) is 0 Å². The van der Waals surface area contributed by atoms with Gasteiger partial charge in [-0.1, -0.05) is 57.8 Å². The first-order valence-corrected chi connectivity index (χ1v) is 10.4. The Hall–Kier alpha value is -0.160. The van der Waals surface area contributed by atoms with E-state index in [0.717, 1.165) is 32.0 Å². The van der Waals surface area contributed by atoms with Crippen molar-refractivity contribution in [2.75, 3.05) is 19.8 Å². The zero-order chi connectivity index (χ0) is 17.0. The fourth-order valence-corrected chi connectivity index (χ4v) is 4.00. The standard InChI is InChI=1S/C20H39NO3/c21-18-16-24-19(20(18)22)13-9-4-2-1-3-5-10-14-23-15-17-11-7-6-8-12-17/h17-20,22H,1-16,21H2/t18-,19+,20+/m1/s1. The molecule has 0 unspecified atom stereocenters. The van der Waals surface area contributed by atoms with E-state index in [-0.39, 0.29) is 12.1 Å². The average molecular weight is 342 g/mol. The summed E-state index contributed by atoms with van der Waals surface area (Å²) >= 11 is 0. The Balaban J connectivity index is 1.30. The number of ether oxygens (including phenoxy) is 2. The molecule has 0 radical (unpaired) electrons. The maximum atomic E-state index is 9.82. The van der Waals surface area contributed by atoms with Gasteiger partial charge in [0.15, 0.2) is 0 Å².